The first-order chi connectivity index (χ1) is 17.4. The highest BCUT2D eigenvalue weighted by Gasteiger charge is 2.45. The van der Waals surface area contributed by atoms with Gasteiger partial charge in [-0.2, -0.15) is 17.4 Å². The Hall–Kier alpha value is -1.69. The second kappa shape index (κ2) is 11.6. The summed E-state index contributed by atoms with van der Waals surface area (Å²) in [4.78, 5) is 14.6. The topological polar surface area (TPSA) is 79.0 Å². The minimum Gasteiger partial charge on any atom is -0.378 e. The standard InChI is InChI=1S/C26H38F3N3O4S/c1-31(2)37(34,35)30-24-11-13-32(25(33)20-10-12-26(28,29)15-20)16-21(24)17-36-23-8-6-18(7-9-23)19-4-3-5-22(27)14-19/h3-5,14,18,20-21,23-24,30H,6-13,15-17H2,1-2H3/t18-,20?,21-,23+,24-/m0/s1. The molecule has 3 aliphatic rings. The monoisotopic (exact) mass is 545 g/mol. The molecule has 1 heterocycles. The van der Waals surface area contributed by atoms with Gasteiger partial charge >= 0.3 is 0 Å². The van der Waals surface area contributed by atoms with Gasteiger partial charge in [-0.3, -0.25) is 4.79 Å². The Labute approximate surface area is 217 Å². The quantitative estimate of drug-likeness (QED) is 0.537. The van der Waals surface area contributed by atoms with Crippen LogP contribution in [0.1, 0.15) is 62.8 Å². The van der Waals surface area contributed by atoms with E-state index in [1.54, 1.807) is 17.0 Å². The lowest BCUT2D eigenvalue weighted by atomic mass is 9.82. The van der Waals surface area contributed by atoms with Crippen LogP contribution in [0.4, 0.5) is 13.2 Å². The molecule has 1 amide bonds. The van der Waals surface area contributed by atoms with Crippen LogP contribution in [-0.4, -0.2) is 75.4 Å². The molecule has 2 aliphatic carbocycles. The molecule has 37 heavy (non-hydrogen) atoms. The van der Waals surface area contributed by atoms with Crippen molar-refractivity contribution >= 4 is 16.1 Å². The molecule has 0 spiro atoms. The van der Waals surface area contributed by atoms with Crippen LogP contribution in [0.5, 0.6) is 0 Å². The third-order valence-electron chi connectivity index (χ3n) is 8.12. The van der Waals surface area contributed by atoms with E-state index in [0.717, 1.165) is 35.6 Å². The Kier molecular flexibility index (Phi) is 8.87. The normalized spacial score (nSPS) is 30.5. The number of nitrogens with one attached hydrogen (secondary N) is 1. The van der Waals surface area contributed by atoms with E-state index < -0.39 is 34.5 Å². The number of halogens is 3. The smallest absolute Gasteiger partial charge is 0.279 e. The van der Waals surface area contributed by atoms with Gasteiger partial charge in [0.05, 0.1) is 12.7 Å². The average molecular weight is 546 g/mol. The van der Waals surface area contributed by atoms with E-state index in [9.17, 15) is 26.4 Å². The van der Waals surface area contributed by atoms with Gasteiger partial charge in [0.15, 0.2) is 0 Å². The molecule has 0 radical (unpaired) electrons. The van der Waals surface area contributed by atoms with Gasteiger partial charge in [0.2, 0.25) is 11.8 Å². The number of nitrogens with zero attached hydrogens (tertiary/aromatic N) is 2. The first kappa shape index (κ1) is 28.3. The van der Waals surface area contributed by atoms with Crippen LogP contribution < -0.4 is 4.72 Å². The summed E-state index contributed by atoms with van der Waals surface area (Å²) in [5, 5.41) is 0. The summed E-state index contributed by atoms with van der Waals surface area (Å²) in [5.41, 5.74) is 0.996. The Morgan fingerprint density at radius 1 is 1.16 bits per heavy atom. The highest BCUT2D eigenvalue weighted by atomic mass is 32.2. The Morgan fingerprint density at radius 2 is 1.89 bits per heavy atom. The molecule has 1 aromatic carbocycles. The first-order valence-corrected chi connectivity index (χ1v) is 14.6. The van der Waals surface area contributed by atoms with Crippen LogP contribution in [0, 0.1) is 17.7 Å². The van der Waals surface area contributed by atoms with E-state index in [4.69, 9.17) is 4.74 Å². The van der Waals surface area contributed by atoms with Crippen molar-refractivity contribution in [1.29, 1.82) is 0 Å². The Bertz CT molecular complexity index is 1050. The lowest BCUT2D eigenvalue weighted by Crippen LogP contribution is -2.56. The molecule has 1 aliphatic heterocycles. The number of benzene rings is 1. The molecule has 1 saturated heterocycles. The number of ether oxygens (including phenoxy) is 1. The molecule has 3 fully saturated rings. The van der Waals surface area contributed by atoms with Crippen molar-refractivity contribution in [1.82, 2.24) is 13.9 Å². The number of alkyl halides is 2. The van der Waals surface area contributed by atoms with Crippen LogP contribution in [0.2, 0.25) is 0 Å². The molecule has 4 rings (SSSR count). The summed E-state index contributed by atoms with van der Waals surface area (Å²) in [7, 11) is -0.793. The molecule has 11 heteroatoms. The summed E-state index contributed by atoms with van der Waals surface area (Å²) < 4.78 is 76.2. The SMILES string of the molecule is CN(C)S(=O)(=O)N[C@H]1CCN(C(=O)C2CCC(F)(F)C2)C[C@H]1CO[C@H]1CC[C@@H](c2cccc(F)c2)CC1. The van der Waals surface area contributed by atoms with Crippen LogP contribution >= 0.6 is 0 Å². The molecule has 2 saturated carbocycles. The van der Waals surface area contributed by atoms with Crippen LogP contribution in [0.15, 0.2) is 24.3 Å². The van der Waals surface area contributed by atoms with Gasteiger partial charge in [-0.15, -0.1) is 0 Å². The molecule has 1 unspecified atom stereocenters. The summed E-state index contributed by atoms with van der Waals surface area (Å²) in [6.45, 7) is 0.845. The lowest BCUT2D eigenvalue weighted by molar-refractivity contribution is -0.139. The van der Waals surface area contributed by atoms with Gasteiger partial charge in [-0.05, 0) is 62.1 Å². The zero-order chi connectivity index (χ0) is 26.8. The third kappa shape index (κ3) is 7.25. The van der Waals surface area contributed by atoms with E-state index >= 15 is 0 Å². The van der Waals surface area contributed by atoms with Gasteiger partial charge in [-0.25, -0.2) is 13.2 Å². The first-order valence-electron chi connectivity index (χ1n) is 13.2. The highest BCUT2D eigenvalue weighted by molar-refractivity contribution is 7.87. The summed E-state index contributed by atoms with van der Waals surface area (Å²) in [5.74, 6) is -4.01. The van der Waals surface area contributed by atoms with Gasteiger partial charge in [0, 0.05) is 57.9 Å². The van der Waals surface area contributed by atoms with Crippen molar-refractivity contribution in [2.24, 2.45) is 11.8 Å². The largest absolute Gasteiger partial charge is 0.378 e. The van der Waals surface area contributed by atoms with E-state index in [2.05, 4.69) is 4.72 Å². The van der Waals surface area contributed by atoms with Crippen LogP contribution in [0.3, 0.4) is 0 Å². The fraction of sp³-hybridized carbons (Fsp3) is 0.731. The Morgan fingerprint density at radius 3 is 2.51 bits per heavy atom. The second-order valence-electron chi connectivity index (χ2n) is 11.0. The zero-order valence-electron chi connectivity index (χ0n) is 21.5. The number of rotatable bonds is 8. The third-order valence-corrected chi connectivity index (χ3v) is 9.68. The Balaban J connectivity index is 1.36. The molecule has 0 aromatic heterocycles. The second-order valence-corrected chi connectivity index (χ2v) is 12.9. The van der Waals surface area contributed by atoms with Crippen molar-refractivity contribution in [3.05, 3.63) is 35.6 Å². The average Bonchev–Trinajstić information content (AvgIpc) is 3.22. The minimum absolute atomic E-state index is 0.00415. The van der Waals surface area contributed by atoms with Crippen molar-refractivity contribution in [2.75, 3.05) is 33.8 Å². The number of hydrogen-bond donors (Lipinski definition) is 1. The van der Waals surface area contributed by atoms with Gasteiger partial charge in [0.1, 0.15) is 5.82 Å². The van der Waals surface area contributed by atoms with Crippen molar-refractivity contribution in [2.45, 2.75) is 75.4 Å². The van der Waals surface area contributed by atoms with Gasteiger partial charge in [0.25, 0.3) is 10.2 Å². The molecular formula is C26H38F3N3O4S. The van der Waals surface area contributed by atoms with E-state index in [-0.39, 0.29) is 55.7 Å². The number of carbonyl (C=O) groups excluding carboxylic acids is 1. The molecule has 1 N–H and O–H groups in total. The maximum Gasteiger partial charge on any atom is 0.279 e. The van der Waals surface area contributed by atoms with Gasteiger partial charge in [-0.1, -0.05) is 12.1 Å². The number of likely N-dealkylation sites (tertiary alicyclic amines) is 1. The number of hydrogen-bond acceptors (Lipinski definition) is 4. The maximum absolute atomic E-state index is 13.7. The van der Waals surface area contributed by atoms with E-state index in [0.29, 0.717) is 13.0 Å². The van der Waals surface area contributed by atoms with Crippen molar-refractivity contribution in [3.8, 4) is 0 Å². The predicted molar refractivity (Wildman–Crippen MR) is 134 cm³/mol. The summed E-state index contributed by atoms with van der Waals surface area (Å²) in [6, 6.07) is 6.27. The molecule has 208 valence electrons. The predicted octanol–water partition coefficient (Wildman–Crippen LogP) is 3.92. The van der Waals surface area contributed by atoms with Crippen molar-refractivity contribution < 1.29 is 31.1 Å². The minimum atomic E-state index is -3.69. The summed E-state index contributed by atoms with van der Waals surface area (Å²) >= 11 is 0. The molecule has 1 aromatic rings. The highest BCUT2D eigenvalue weighted by Crippen LogP contribution is 2.40. The van der Waals surface area contributed by atoms with E-state index in [1.165, 1.54) is 20.2 Å². The molecule has 7 nitrogen and oxygen atoms in total. The molecule has 0 bridgehead atoms. The lowest BCUT2D eigenvalue weighted by Gasteiger charge is -2.40. The van der Waals surface area contributed by atoms with E-state index in [1.807, 2.05) is 6.07 Å². The number of piperidine rings is 1. The molecule has 3 atom stereocenters. The van der Waals surface area contributed by atoms with Crippen molar-refractivity contribution in [3.63, 3.8) is 0 Å². The maximum atomic E-state index is 13.7. The molecular weight excluding hydrogens is 507 g/mol. The zero-order valence-corrected chi connectivity index (χ0v) is 22.4. The number of carbonyl (C=O) groups is 1. The number of amides is 1. The summed E-state index contributed by atoms with van der Waals surface area (Å²) in [6.07, 6.45) is 3.23. The fourth-order valence-electron chi connectivity index (χ4n) is 5.86. The van der Waals surface area contributed by atoms with Gasteiger partial charge < -0.3 is 9.64 Å². The van der Waals surface area contributed by atoms with Crippen LogP contribution in [-0.2, 0) is 19.7 Å². The fourth-order valence-corrected chi connectivity index (χ4v) is 6.76. The van der Waals surface area contributed by atoms with Crippen LogP contribution in [0.25, 0.3) is 0 Å².